The van der Waals surface area contributed by atoms with Gasteiger partial charge in [0, 0.05) is 11.3 Å². The van der Waals surface area contributed by atoms with Gasteiger partial charge in [0.2, 0.25) is 0 Å². The molecule has 2 nitrogen and oxygen atoms in total. The van der Waals surface area contributed by atoms with Gasteiger partial charge in [0.05, 0.1) is 5.02 Å². The van der Waals surface area contributed by atoms with Crippen LogP contribution in [0, 0.1) is 6.92 Å². The maximum atomic E-state index is 6.08. The van der Waals surface area contributed by atoms with Crippen molar-refractivity contribution in [3.8, 4) is 5.75 Å². The molecule has 0 spiro atoms. The minimum Gasteiger partial charge on any atom is -0.487 e. The smallest absolute Gasteiger partial charge is 0.138 e. The van der Waals surface area contributed by atoms with E-state index in [2.05, 4.69) is 0 Å². The Morgan fingerprint density at radius 2 is 1.94 bits per heavy atom. The number of para-hydroxylation sites is 1. The lowest BCUT2D eigenvalue weighted by molar-refractivity contribution is 0.307. The van der Waals surface area contributed by atoms with Crippen LogP contribution >= 0.6 is 11.6 Å². The van der Waals surface area contributed by atoms with Crippen LogP contribution in [0.4, 0.5) is 5.69 Å². The molecule has 2 N–H and O–H groups in total. The van der Waals surface area contributed by atoms with Gasteiger partial charge < -0.3 is 10.5 Å². The maximum Gasteiger partial charge on any atom is 0.138 e. The highest BCUT2D eigenvalue weighted by Crippen LogP contribution is 2.26. The van der Waals surface area contributed by atoms with Gasteiger partial charge in [0.25, 0.3) is 0 Å². The van der Waals surface area contributed by atoms with Crippen LogP contribution in [0.25, 0.3) is 0 Å². The first-order valence-corrected chi connectivity index (χ1v) is 5.77. The van der Waals surface area contributed by atoms with Gasteiger partial charge in [0.1, 0.15) is 12.4 Å². The van der Waals surface area contributed by atoms with Gasteiger partial charge in [-0.25, -0.2) is 0 Å². The van der Waals surface area contributed by atoms with E-state index in [0.717, 1.165) is 16.8 Å². The second-order valence-corrected chi connectivity index (χ2v) is 4.33. The molecule has 0 aliphatic rings. The highest BCUT2D eigenvalue weighted by Gasteiger charge is 2.03. The molecule has 0 saturated heterocycles. The molecule has 0 aliphatic carbocycles. The molecule has 0 unspecified atom stereocenters. The molecule has 0 atom stereocenters. The van der Waals surface area contributed by atoms with Crippen LogP contribution in [-0.2, 0) is 6.61 Å². The van der Waals surface area contributed by atoms with Crippen LogP contribution in [0.1, 0.15) is 11.1 Å². The summed E-state index contributed by atoms with van der Waals surface area (Å²) < 4.78 is 5.65. The molecule has 0 saturated carbocycles. The molecule has 0 bridgehead atoms. The number of halogens is 1. The van der Waals surface area contributed by atoms with Crippen molar-refractivity contribution in [3.05, 3.63) is 58.6 Å². The summed E-state index contributed by atoms with van der Waals surface area (Å²) in [6.45, 7) is 2.42. The Kier molecular flexibility index (Phi) is 3.55. The molecule has 0 amide bonds. The van der Waals surface area contributed by atoms with Crippen molar-refractivity contribution >= 4 is 17.3 Å². The molecule has 0 fully saturated rings. The van der Waals surface area contributed by atoms with Gasteiger partial charge in [-0.15, -0.1) is 0 Å². The molecule has 2 aromatic carbocycles. The van der Waals surface area contributed by atoms with E-state index in [4.69, 9.17) is 22.1 Å². The maximum absolute atomic E-state index is 6.08. The van der Waals surface area contributed by atoms with E-state index in [1.54, 1.807) is 0 Å². The second kappa shape index (κ2) is 5.11. The number of ether oxygens (including phenoxy) is 1. The third kappa shape index (κ3) is 2.92. The molecule has 0 heterocycles. The summed E-state index contributed by atoms with van der Waals surface area (Å²) in [5.41, 5.74) is 8.64. The van der Waals surface area contributed by atoms with Crippen LogP contribution in [0.3, 0.4) is 0 Å². The van der Waals surface area contributed by atoms with Crippen LogP contribution in [0.15, 0.2) is 42.5 Å². The van der Waals surface area contributed by atoms with Crippen LogP contribution in [0.2, 0.25) is 5.02 Å². The topological polar surface area (TPSA) is 35.2 Å². The largest absolute Gasteiger partial charge is 0.487 e. The number of hydrogen-bond acceptors (Lipinski definition) is 2. The average Bonchev–Trinajstić information content (AvgIpc) is 2.30. The van der Waals surface area contributed by atoms with Crippen LogP contribution < -0.4 is 10.5 Å². The molecule has 0 radical (unpaired) electrons. The number of nitrogen functional groups attached to an aromatic ring is 1. The highest BCUT2D eigenvalue weighted by molar-refractivity contribution is 6.32. The summed E-state index contributed by atoms with van der Waals surface area (Å²) in [5, 5.41) is 0.625. The van der Waals surface area contributed by atoms with Crippen LogP contribution in [-0.4, -0.2) is 0 Å². The van der Waals surface area contributed by atoms with Gasteiger partial charge in [0.15, 0.2) is 0 Å². The van der Waals surface area contributed by atoms with E-state index >= 15 is 0 Å². The quantitative estimate of drug-likeness (QED) is 0.837. The van der Waals surface area contributed by atoms with Crippen molar-refractivity contribution in [2.24, 2.45) is 0 Å². The normalized spacial score (nSPS) is 10.2. The van der Waals surface area contributed by atoms with E-state index in [-0.39, 0.29) is 0 Å². The molecule has 0 aliphatic heterocycles. The molecule has 0 aromatic heterocycles. The number of anilines is 1. The minimum atomic E-state index is 0.426. The van der Waals surface area contributed by atoms with Crippen molar-refractivity contribution in [1.29, 1.82) is 0 Å². The summed E-state index contributed by atoms with van der Waals surface area (Å²) in [6, 6.07) is 13.4. The van der Waals surface area contributed by atoms with Crippen molar-refractivity contribution < 1.29 is 4.74 Å². The van der Waals surface area contributed by atoms with Crippen molar-refractivity contribution in [3.63, 3.8) is 0 Å². The number of aryl methyl sites for hydroxylation is 1. The van der Waals surface area contributed by atoms with E-state index in [9.17, 15) is 0 Å². The fourth-order valence-electron chi connectivity index (χ4n) is 1.54. The molecule has 88 valence electrons. The molecule has 2 aromatic rings. The monoisotopic (exact) mass is 247 g/mol. The fraction of sp³-hybridized carbons (Fsp3) is 0.143. The standard InChI is InChI=1S/C14H14ClNO/c1-10-6-7-14(12(15)8-10)17-9-11-4-2-3-5-13(11)16/h2-8H,9,16H2,1H3. The Morgan fingerprint density at radius 3 is 2.65 bits per heavy atom. The average molecular weight is 248 g/mol. The third-order valence-electron chi connectivity index (χ3n) is 2.53. The Bertz CT molecular complexity index is 525. The number of nitrogens with two attached hydrogens (primary N) is 1. The van der Waals surface area contributed by atoms with Crippen LogP contribution in [0.5, 0.6) is 5.75 Å². The first kappa shape index (κ1) is 11.8. The first-order chi connectivity index (χ1) is 8.16. The summed E-state index contributed by atoms with van der Waals surface area (Å²) in [5.74, 6) is 0.681. The van der Waals surface area contributed by atoms with Gasteiger partial charge in [-0.2, -0.15) is 0 Å². The lowest BCUT2D eigenvalue weighted by atomic mass is 10.2. The Labute approximate surface area is 106 Å². The van der Waals surface area contributed by atoms with Crippen molar-refractivity contribution in [1.82, 2.24) is 0 Å². The summed E-state index contributed by atoms with van der Waals surface area (Å²) >= 11 is 6.08. The molecular weight excluding hydrogens is 234 g/mol. The van der Waals surface area contributed by atoms with E-state index in [1.165, 1.54) is 0 Å². The second-order valence-electron chi connectivity index (χ2n) is 3.92. The Balaban J connectivity index is 2.10. The number of rotatable bonds is 3. The van der Waals surface area contributed by atoms with Gasteiger partial charge in [-0.1, -0.05) is 35.9 Å². The Hall–Kier alpha value is -1.67. The van der Waals surface area contributed by atoms with Crippen molar-refractivity contribution in [2.75, 3.05) is 5.73 Å². The minimum absolute atomic E-state index is 0.426. The van der Waals surface area contributed by atoms with E-state index in [0.29, 0.717) is 17.4 Å². The summed E-state index contributed by atoms with van der Waals surface area (Å²) in [6.07, 6.45) is 0. The molecule has 3 heteroatoms. The molecular formula is C14H14ClNO. The SMILES string of the molecule is Cc1ccc(OCc2ccccc2N)c(Cl)c1. The van der Waals surface area contributed by atoms with Gasteiger partial charge in [-0.3, -0.25) is 0 Å². The fourth-order valence-corrected chi connectivity index (χ4v) is 1.83. The van der Waals surface area contributed by atoms with Gasteiger partial charge >= 0.3 is 0 Å². The molecule has 17 heavy (non-hydrogen) atoms. The first-order valence-electron chi connectivity index (χ1n) is 5.39. The zero-order chi connectivity index (χ0) is 12.3. The summed E-state index contributed by atoms with van der Waals surface area (Å²) in [4.78, 5) is 0. The zero-order valence-corrected chi connectivity index (χ0v) is 10.4. The van der Waals surface area contributed by atoms with E-state index in [1.807, 2.05) is 49.4 Å². The molecule has 2 rings (SSSR count). The van der Waals surface area contributed by atoms with E-state index < -0.39 is 0 Å². The lowest BCUT2D eigenvalue weighted by Gasteiger charge is -2.10. The predicted molar refractivity (Wildman–Crippen MR) is 71.4 cm³/mol. The van der Waals surface area contributed by atoms with Crippen molar-refractivity contribution in [2.45, 2.75) is 13.5 Å². The van der Waals surface area contributed by atoms with Gasteiger partial charge in [-0.05, 0) is 30.7 Å². The highest BCUT2D eigenvalue weighted by atomic mass is 35.5. The zero-order valence-electron chi connectivity index (χ0n) is 9.61. The number of hydrogen-bond donors (Lipinski definition) is 1. The predicted octanol–water partition coefficient (Wildman–Crippen LogP) is 3.81. The lowest BCUT2D eigenvalue weighted by Crippen LogP contribution is -2.00. The third-order valence-corrected chi connectivity index (χ3v) is 2.82. The number of benzene rings is 2. The Morgan fingerprint density at radius 1 is 1.18 bits per heavy atom. The summed E-state index contributed by atoms with van der Waals surface area (Å²) in [7, 11) is 0.